The molecule has 0 bridgehead atoms. The van der Waals surface area contributed by atoms with E-state index in [0.717, 1.165) is 22.6 Å². The molecule has 4 aromatic rings. The Morgan fingerprint density at radius 1 is 1.00 bits per heavy atom. The van der Waals surface area contributed by atoms with Gasteiger partial charge in [-0.15, -0.1) is 0 Å². The third-order valence-electron chi connectivity index (χ3n) is 4.78. The van der Waals surface area contributed by atoms with E-state index < -0.39 is 0 Å². The number of pyridine rings is 1. The molecule has 0 saturated heterocycles. The van der Waals surface area contributed by atoms with Gasteiger partial charge in [-0.05, 0) is 23.8 Å². The van der Waals surface area contributed by atoms with Gasteiger partial charge in [0.15, 0.2) is 5.65 Å². The van der Waals surface area contributed by atoms with Gasteiger partial charge in [0.1, 0.15) is 17.2 Å². The number of halogens is 1. The fourth-order valence-corrected chi connectivity index (χ4v) is 3.28. The molecular weight excluding hydrogens is 367 g/mol. The molecule has 0 aliphatic heterocycles. The lowest BCUT2D eigenvalue weighted by atomic mass is 10.2. The zero-order valence-corrected chi connectivity index (χ0v) is 15.9. The van der Waals surface area contributed by atoms with Crippen molar-refractivity contribution in [2.75, 3.05) is 0 Å². The second kappa shape index (κ2) is 8.65. The standard InChI is InChI=1S/C23H21FN4O/c24-19-10-5-4-9-18(19)15-26-22(29)13-12-21-27-20-11-6-14-25-23(20)28(21)16-17-7-2-1-3-8-17/h1-11,14H,12-13,15-16H2,(H,26,29). The molecule has 1 N–H and O–H groups in total. The van der Waals surface area contributed by atoms with Crippen molar-refractivity contribution in [3.05, 3.63) is 95.7 Å². The molecule has 29 heavy (non-hydrogen) atoms. The first-order chi connectivity index (χ1) is 14.2. The van der Waals surface area contributed by atoms with Crippen molar-refractivity contribution in [2.45, 2.75) is 25.9 Å². The van der Waals surface area contributed by atoms with Crippen LogP contribution in [0.1, 0.15) is 23.4 Å². The van der Waals surface area contributed by atoms with Crippen molar-refractivity contribution in [3.8, 4) is 0 Å². The monoisotopic (exact) mass is 388 g/mol. The van der Waals surface area contributed by atoms with Gasteiger partial charge >= 0.3 is 0 Å². The summed E-state index contributed by atoms with van der Waals surface area (Å²) in [5.41, 5.74) is 3.23. The first kappa shape index (κ1) is 18.8. The highest BCUT2D eigenvalue weighted by Gasteiger charge is 2.14. The number of nitrogens with one attached hydrogen (secondary N) is 1. The Kier molecular flexibility index (Phi) is 5.61. The topological polar surface area (TPSA) is 59.8 Å². The molecule has 0 aliphatic carbocycles. The lowest BCUT2D eigenvalue weighted by molar-refractivity contribution is -0.121. The number of fused-ring (bicyclic) bond motifs is 1. The number of imidazole rings is 1. The summed E-state index contributed by atoms with van der Waals surface area (Å²) in [6.45, 7) is 0.814. The maximum Gasteiger partial charge on any atom is 0.220 e. The lowest BCUT2D eigenvalue weighted by Crippen LogP contribution is -2.24. The number of carbonyl (C=O) groups excluding carboxylic acids is 1. The Bertz CT molecular complexity index is 1120. The number of aromatic nitrogens is 3. The maximum absolute atomic E-state index is 13.7. The Labute approximate surface area is 168 Å². The molecule has 0 atom stereocenters. The molecule has 0 saturated carbocycles. The molecule has 0 aliphatic rings. The SMILES string of the molecule is O=C(CCc1nc2cccnc2n1Cc1ccccc1)NCc1ccccc1F. The Morgan fingerprint density at radius 2 is 1.79 bits per heavy atom. The smallest absolute Gasteiger partial charge is 0.220 e. The van der Waals surface area contributed by atoms with E-state index in [2.05, 4.69) is 32.0 Å². The average molecular weight is 388 g/mol. The first-order valence-corrected chi connectivity index (χ1v) is 9.55. The van der Waals surface area contributed by atoms with Crippen molar-refractivity contribution in [1.29, 1.82) is 0 Å². The lowest BCUT2D eigenvalue weighted by Gasteiger charge is -2.09. The van der Waals surface area contributed by atoms with Crippen molar-refractivity contribution < 1.29 is 9.18 Å². The van der Waals surface area contributed by atoms with Gasteiger partial charge in [0.25, 0.3) is 0 Å². The van der Waals surface area contributed by atoms with Crippen LogP contribution >= 0.6 is 0 Å². The molecule has 5 nitrogen and oxygen atoms in total. The minimum atomic E-state index is -0.316. The van der Waals surface area contributed by atoms with E-state index in [0.29, 0.717) is 18.5 Å². The van der Waals surface area contributed by atoms with Crippen LogP contribution in [0.15, 0.2) is 72.9 Å². The van der Waals surface area contributed by atoms with E-state index in [1.165, 1.54) is 6.07 Å². The fraction of sp³-hybridized carbons (Fsp3) is 0.174. The second-order valence-corrected chi connectivity index (χ2v) is 6.81. The van der Waals surface area contributed by atoms with Crippen LogP contribution in [0.5, 0.6) is 0 Å². The van der Waals surface area contributed by atoms with Crippen molar-refractivity contribution >= 4 is 17.1 Å². The number of hydrogen-bond acceptors (Lipinski definition) is 3. The Morgan fingerprint density at radius 3 is 2.62 bits per heavy atom. The van der Waals surface area contributed by atoms with Gasteiger partial charge in [0.05, 0.1) is 6.54 Å². The summed E-state index contributed by atoms with van der Waals surface area (Å²) < 4.78 is 15.7. The van der Waals surface area contributed by atoms with Gasteiger partial charge < -0.3 is 9.88 Å². The highest BCUT2D eigenvalue weighted by atomic mass is 19.1. The van der Waals surface area contributed by atoms with Crippen LogP contribution in [0.3, 0.4) is 0 Å². The first-order valence-electron chi connectivity index (χ1n) is 9.55. The quantitative estimate of drug-likeness (QED) is 0.523. The van der Waals surface area contributed by atoms with Crippen LogP contribution in [0, 0.1) is 5.82 Å². The summed E-state index contributed by atoms with van der Waals surface area (Å²) in [5.74, 6) is 0.353. The van der Waals surface area contributed by atoms with Gasteiger partial charge in [-0.3, -0.25) is 4.79 Å². The summed E-state index contributed by atoms with van der Waals surface area (Å²) in [7, 11) is 0. The van der Waals surface area contributed by atoms with Crippen LogP contribution in [0.2, 0.25) is 0 Å². The number of aryl methyl sites for hydroxylation is 1. The molecular formula is C23H21FN4O. The summed E-state index contributed by atoms with van der Waals surface area (Å²) in [6, 6.07) is 20.3. The molecule has 2 aromatic carbocycles. The van der Waals surface area contributed by atoms with Crippen molar-refractivity contribution in [1.82, 2.24) is 19.9 Å². The van der Waals surface area contributed by atoms with Gasteiger partial charge in [-0.2, -0.15) is 0 Å². The molecule has 2 aromatic heterocycles. The summed E-state index contributed by atoms with van der Waals surface area (Å²) in [6.07, 6.45) is 2.50. The van der Waals surface area contributed by atoms with Crippen LogP contribution < -0.4 is 5.32 Å². The zero-order valence-electron chi connectivity index (χ0n) is 15.9. The third kappa shape index (κ3) is 4.48. The van der Waals surface area contributed by atoms with Crippen molar-refractivity contribution in [2.24, 2.45) is 0 Å². The maximum atomic E-state index is 13.7. The number of benzene rings is 2. The summed E-state index contributed by atoms with van der Waals surface area (Å²) >= 11 is 0. The predicted octanol–water partition coefficient (Wildman–Crippen LogP) is 3.87. The molecule has 0 unspecified atom stereocenters. The molecule has 0 spiro atoms. The minimum Gasteiger partial charge on any atom is -0.352 e. The van der Waals surface area contributed by atoms with E-state index in [1.807, 2.05) is 30.3 Å². The van der Waals surface area contributed by atoms with E-state index in [1.54, 1.807) is 24.4 Å². The van der Waals surface area contributed by atoms with E-state index in [4.69, 9.17) is 0 Å². The Hall–Kier alpha value is -3.54. The van der Waals surface area contributed by atoms with Gasteiger partial charge in [0, 0.05) is 31.1 Å². The van der Waals surface area contributed by atoms with Gasteiger partial charge in [-0.25, -0.2) is 14.4 Å². The van der Waals surface area contributed by atoms with Crippen LogP contribution in [0.25, 0.3) is 11.2 Å². The van der Waals surface area contributed by atoms with Crippen molar-refractivity contribution in [3.63, 3.8) is 0 Å². The normalized spacial score (nSPS) is 10.9. The molecule has 2 heterocycles. The number of hydrogen-bond donors (Lipinski definition) is 1. The predicted molar refractivity (Wildman–Crippen MR) is 110 cm³/mol. The van der Waals surface area contributed by atoms with E-state index >= 15 is 0 Å². The average Bonchev–Trinajstić information content (AvgIpc) is 3.10. The van der Waals surface area contributed by atoms with Crippen LogP contribution in [-0.4, -0.2) is 20.4 Å². The highest BCUT2D eigenvalue weighted by molar-refractivity contribution is 5.76. The number of rotatable bonds is 7. The molecule has 146 valence electrons. The van der Waals surface area contributed by atoms with Crippen LogP contribution in [0.4, 0.5) is 4.39 Å². The molecule has 0 radical (unpaired) electrons. The van der Waals surface area contributed by atoms with E-state index in [9.17, 15) is 9.18 Å². The number of amides is 1. The molecule has 4 rings (SSSR count). The number of nitrogens with zero attached hydrogens (tertiary/aromatic N) is 3. The highest BCUT2D eigenvalue weighted by Crippen LogP contribution is 2.17. The second-order valence-electron chi connectivity index (χ2n) is 6.81. The zero-order chi connectivity index (χ0) is 20.1. The summed E-state index contributed by atoms with van der Waals surface area (Å²) in [4.78, 5) is 21.4. The van der Waals surface area contributed by atoms with Gasteiger partial charge in [-0.1, -0.05) is 48.5 Å². The number of carbonyl (C=O) groups is 1. The fourth-order valence-electron chi connectivity index (χ4n) is 3.28. The Balaban J connectivity index is 1.46. The van der Waals surface area contributed by atoms with Gasteiger partial charge in [0.2, 0.25) is 5.91 Å². The summed E-state index contributed by atoms with van der Waals surface area (Å²) in [5, 5.41) is 2.78. The third-order valence-corrected chi connectivity index (χ3v) is 4.78. The molecule has 1 amide bonds. The van der Waals surface area contributed by atoms with Crippen LogP contribution in [-0.2, 0) is 24.3 Å². The largest absolute Gasteiger partial charge is 0.352 e. The minimum absolute atomic E-state index is 0.139. The van der Waals surface area contributed by atoms with E-state index in [-0.39, 0.29) is 24.7 Å². The molecule has 0 fully saturated rings. The molecule has 6 heteroatoms.